The lowest BCUT2D eigenvalue weighted by molar-refractivity contribution is 0.474. The zero-order chi connectivity index (χ0) is 13.0. The fraction of sp³-hybridized carbons (Fsp3) is 0.167. The van der Waals surface area contributed by atoms with E-state index < -0.39 is 0 Å². The number of phenols is 1. The van der Waals surface area contributed by atoms with E-state index in [-0.39, 0.29) is 5.75 Å². The number of benzene rings is 1. The van der Waals surface area contributed by atoms with E-state index in [9.17, 15) is 5.11 Å². The molecule has 2 aromatic rings. The van der Waals surface area contributed by atoms with E-state index in [1.54, 1.807) is 30.0 Å². The summed E-state index contributed by atoms with van der Waals surface area (Å²) in [5, 5.41) is 9.37. The lowest BCUT2D eigenvalue weighted by Crippen LogP contribution is -2.10. The van der Waals surface area contributed by atoms with Crippen LogP contribution in [-0.4, -0.2) is 15.1 Å². The molecule has 0 atom stereocenters. The van der Waals surface area contributed by atoms with Crippen molar-refractivity contribution in [3.63, 3.8) is 0 Å². The average molecular weight is 262 g/mol. The van der Waals surface area contributed by atoms with Crippen LogP contribution in [0.1, 0.15) is 11.5 Å². The highest BCUT2D eigenvalue weighted by molar-refractivity contribution is 7.98. The summed E-state index contributed by atoms with van der Waals surface area (Å²) < 4.78 is 0. The molecule has 0 amide bonds. The molecule has 94 valence electrons. The fourth-order valence-corrected chi connectivity index (χ4v) is 2.29. The normalized spacial score (nSPS) is 10.3. The van der Waals surface area contributed by atoms with Gasteiger partial charge in [0.15, 0.2) is 0 Å². The highest BCUT2D eigenvalue weighted by Gasteiger charge is 2.03. The first-order chi connectivity index (χ1) is 8.67. The molecule has 18 heavy (non-hydrogen) atoms. The Morgan fingerprint density at radius 1 is 1.33 bits per heavy atom. The third kappa shape index (κ3) is 3.35. The summed E-state index contributed by atoms with van der Waals surface area (Å²) in [5.74, 6) is 7.53. The van der Waals surface area contributed by atoms with Crippen molar-refractivity contribution in [3.05, 3.63) is 41.9 Å². The number of nitrogens with zero attached hydrogens (tertiary/aromatic N) is 2. The van der Waals surface area contributed by atoms with Gasteiger partial charge in [-0.15, -0.1) is 11.8 Å². The largest absolute Gasteiger partial charge is 0.508 e. The van der Waals surface area contributed by atoms with Crippen molar-refractivity contribution in [3.8, 4) is 5.75 Å². The van der Waals surface area contributed by atoms with Crippen LogP contribution in [0.3, 0.4) is 0 Å². The number of hydrazine groups is 1. The van der Waals surface area contributed by atoms with Crippen LogP contribution in [0.4, 0.5) is 5.82 Å². The van der Waals surface area contributed by atoms with Gasteiger partial charge in [-0.25, -0.2) is 15.8 Å². The number of nitrogens with one attached hydrogen (secondary N) is 1. The standard InChI is InChI=1S/C12H14N4OS/c1-8-5-11(16-13)15-12(14-8)7-18-10-4-2-3-9(17)6-10/h2-6,17H,7,13H2,1H3,(H,14,15,16). The Balaban J connectivity index is 2.08. The van der Waals surface area contributed by atoms with Gasteiger partial charge < -0.3 is 10.5 Å². The molecular formula is C12H14N4OS. The lowest BCUT2D eigenvalue weighted by atomic mass is 10.3. The Hall–Kier alpha value is -1.79. The summed E-state index contributed by atoms with van der Waals surface area (Å²) in [6.07, 6.45) is 0. The SMILES string of the molecule is Cc1cc(NN)nc(CSc2cccc(O)c2)n1. The second kappa shape index (κ2) is 5.70. The van der Waals surface area contributed by atoms with E-state index in [1.807, 2.05) is 19.1 Å². The molecule has 0 aliphatic carbocycles. The molecule has 0 saturated carbocycles. The Morgan fingerprint density at radius 2 is 2.17 bits per heavy atom. The summed E-state index contributed by atoms with van der Waals surface area (Å²) in [5.41, 5.74) is 3.38. The van der Waals surface area contributed by atoms with Gasteiger partial charge >= 0.3 is 0 Å². The Morgan fingerprint density at radius 3 is 2.89 bits per heavy atom. The maximum Gasteiger partial charge on any atom is 0.143 e. The third-order valence-electron chi connectivity index (χ3n) is 2.23. The van der Waals surface area contributed by atoms with Crippen LogP contribution in [-0.2, 0) is 5.75 Å². The van der Waals surface area contributed by atoms with Crippen LogP contribution in [0.2, 0.25) is 0 Å². The monoisotopic (exact) mass is 262 g/mol. The molecule has 0 unspecified atom stereocenters. The molecule has 2 rings (SSSR count). The number of aromatic nitrogens is 2. The number of rotatable bonds is 4. The summed E-state index contributed by atoms with van der Waals surface area (Å²) in [7, 11) is 0. The molecule has 0 bridgehead atoms. The van der Waals surface area contributed by atoms with Gasteiger partial charge in [0.05, 0.1) is 5.75 Å². The molecule has 0 radical (unpaired) electrons. The van der Waals surface area contributed by atoms with Gasteiger partial charge in [0, 0.05) is 16.7 Å². The summed E-state index contributed by atoms with van der Waals surface area (Å²) >= 11 is 1.56. The highest BCUT2D eigenvalue weighted by atomic mass is 32.2. The Labute approximate surface area is 109 Å². The molecule has 6 heteroatoms. The molecule has 1 aromatic carbocycles. The van der Waals surface area contributed by atoms with Crippen molar-refractivity contribution in [2.24, 2.45) is 5.84 Å². The molecule has 0 spiro atoms. The molecule has 0 saturated heterocycles. The quantitative estimate of drug-likeness (QED) is 0.444. The second-order valence-corrected chi connectivity index (χ2v) is 4.79. The minimum atomic E-state index is 0.259. The minimum absolute atomic E-state index is 0.259. The molecular weight excluding hydrogens is 248 g/mol. The van der Waals surface area contributed by atoms with Crippen LogP contribution in [0.25, 0.3) is 0 Å². The average Bonchev–Trinajstić information content (AvgIpc) is 2.36. The van der Waals surface area contributed by atoms with Crippen LogP contribution in [0.5, 0.6) is 5.75 Å². The van der Waals surface area contributed by atoms with Crippen molar-refractivity contribution in [1.82, 2.24) is 9.97 Å². The zero-order valence-corrected chi connectivity index (χ0v) is 10.7. The number of aromatic hydroxyl groups is 1. The molecule has 0 fully saturated rings. The number of hydrogen-bond acceptors (Lipinski definition) is 6. The number of thioether (sulfide) groups is 1. The molecule has 1 heterocycles. The van der Waals surface area contributed by atoms with Crippen LogP contribution < -0.4 is 11.3 Å². The molecule has 5 nitrogen and oxygen atoms in total. The number of aryl methyl sites for hydroxylation is 1. The fourth-order valence-electron chi connectivity index (χ4n) is 1.49. The first-order valence-corrected chi connectivity index (χ1v) is 6.39. The first-order valence-electron chi connectivity index (χ1n) is 5.40. The number of hydrogen-bond donors (Lipinski definition) is 3. The van der Waals surface area contributed by atoms with E-state index in [0.717, 1.165) is 10.6 Å². The van der Waals surface area contributed by atoms with Gasteiger partial charge in [0.2, 0.25) is 0 Å². The topological polar surface area (TPSA) is 84.1 Å². The van der Waals surface area contributed by atoms with E-state index >= 15 is 0 Å². The van der Waals surface area contributed by atoms with E-state index in [2.05, 4.69) is 15.4 Å². The lowest BCUT2D eigenvalue weighted by Gasteiger charge is -2.05. The van der Waals surface area contributed by atoms with Gasteiger partial charge in [-0.1, -0.05) is 6.07 Å². The molecule has 1 aromatic heterocycles. The Bertz CT molecular complexity index is 547. The van der Waals surface area contributed by atoms with Crippen molar-refractivity contribution < 1.29 is 5.11 Å². The Kier molecular flexibility index (Phi) is 4.01. The molecule has 0 aliphatic rings. The van der Waals surface area contributed by atoms with E-state index in [4.69, 9.17) is 5.84 Å². The van der Waals surface area contributed by atoms with E-state index in [0.29, 0.717) is 17.4 Å². The van der Waals surface area contributed by atoms with Gasteiger partial charge in [-0.3, -0.25) is 0 Å². The van der Waals surface area contributed by atoms with Gasteiger partial charge in [0.25, 0.3) is 0 Å². The number of anilines is 1. The minimum Gasteiger partial charge on any atom is -0.508 e. The number of nitrogens with two attached hydrogens (primary N) is 1. The molecule has 4 N–H and O–H groups in total. The zero-order valence-electron chi connectivity index (χ0n) is 9.92. The highest BCUT2D eigenvalue weighted by Crippen LogP contribution is 2.24. The summed E-state index contributed by atoms with van der Waals surface area (Å²) in [4.78, 5) is 9.56. The predicted octanol–water partition coefficient (Wildman–Crippen LogP) is 2.07. The van der Waals surface area contributed by atoms with Crippen molar-refractivity contribution in [1.29, 1.82) is 0 Å². The van der Waals surface area contributed by atoms with Gasteiger partial charge in [-0.05, 0) is 25.1 Å². The maximum absolute atomic E-state index is 9.37. The van der Waals surface area contributed by atoms with E-state index in [1.165, 1.54) is 0 Å². The van der Waals surface area contributed by atoms with Crippen molar-refractivity contribution >= 4 is 17.6 Å². The molecule has 0 aliphatic heterocycles. The predicted molar refractivity (Wildman–Crippen MR) is 72.2 cm³/mol. The number of phenolic OH excluding ortho intramolecular Hbond substituents is 1. The van der Waals surface area contributed by atoms with Gasteiger partial charge in [-0.2, -0.15) is 0 Å². The smallest absolute Gasteiger partial charge is 0.143 e. The maximum atomic E-state index is 9.37. The van der Waals surface area contributed by atoms with Crippen molar-refractivity contribution in [2.75, 3.05) is 5.43 Å². The second-order valence-electron chi connectivity index (χ2n) is 3.74. The van der Waals surface area contributed by atoms with Gasteiger partial charge in [0.1, 0.15) is 17.4 Å². The van der Waals surface area contributed by atoms with Crippen LogP contribution in [0.15, 0.2) is 35.2 Å². The third-order valence-corrected chi connectivity index (χ3v) is 3.22. The first kappa shape index (κ1) is 12.7. The van der Waals surface area contributed by atoms with Crippen molar-refractivity contribution in [2.45, 2.75) is 17.6 Å². The van der Waals surface area contributed by atoms with Crippen LogP contribution >= 0.6 is 11.8 Å². The van der Waals surface area contributed by atoms with Crippen LogP contribution in [0, 0.1) is 6.92 Å². The number of nitrogen functional groups attached to an aromatic ring is 1. The summed E-state index contributed by atoms with van der Waals surface area (Å²) in [6.45, 7) is 1.89. The summed E-state index contributed by atoms with van der Waals surface area (Å²) in [6, 6.07) is 8.87.